The number of aryl methyl sites for hydroxylation is 1. The third-order valence-electron chi connectivity index (χ3n) is 4.88. The number of amides is 2. The second kappa shape index (κ2) is 9.55. The number of carbonyl (C=O) groups excluding carboxylic acids is 2. The fourth-order valence-electron chi connectivity index (χ4n) is 3.17. The molecule has 2 heterocycles. The van der Waals surface area contributed by atoms with E-state index in [1.807, 2.05) is 33.2 Å². The molecule has 1 aliphatic heterocycles. The number of piperidine rings is 1. The number of aromatic nitrogens is 1. The van der Waals surface area contributed by atoms with Crippen molar-refractivity contribution in [2.45, 2.75) is 64.8 Å². The van der Waals surface area contributed by atoms with Crippen LogP contribution >= 0.6 is 0 Å². The van der Waals surface area contributed by atoms with Crippen molar-refractivity contribution in [1.29, 1.82) is 0 Å². The number of pyridine rings is 1. The maximum Gasteiger partial charge on any atom is 0.434 e. The molecule has 0 N–H and O–H groups in total. The van der Waals surface area contributed by atoms with Crippen LogP contribution in [0.4, 0.5) is 4.79 Å². The predicted octanol–water partition coefficient (Wildman–Crippen LogP) is 3.81. The quantitative estimate of drug-likeness (QED) is 0.421. The van der Waals surface area contributed by atoms with Gasteiger partial charge in [0.15, 0.2) is 0 Å². The van der Waals surface area contributed by atoms with Gasteiger partial charge in [0, 0.05) is 25.5 Å². The van der Waals surface area contributed by atoms with Crippen LogP contribution in [0, 0.1) is 5.92 Å². The average Bonchev–Trinajstić information content (AvgIpc) is 2.63. The molecule has 1 fully saturated rings. The molecule has 26 heavy (non-hydrogen) atoms. The van der Waals surface area contributed by atoms with E-state index >= 15 is 0 Å². The summed E-state index contributed by atoms with van der Waals surface area (Å²) in [5.74, 6) is 0.668. The Labute approximate surface area is 156 Å². The topological polar surface area (TPSA) is 62.7 Å². The minimum absolute atomic E-state index is 0.428. The fourth-order valence-corrected chi connectivity index (χ4v) is 3.17. The monoisotopic (exact) mass is 361 g/mol. The molecule has 0 aliphatic carbocycles. The second-order valence-corrected chi connectivity index (χ2v) is 7.99. The molecule has 0 atom stereocenters. The molecule has 2 rings (SSSR count). The van der Waals surface area contributed by atoms with E-state index in [1.165, 1.54) is 24.8 Å². The van der Waals surface area contributed by atoms with Crippen LogP contribution in [0.3, 0.4) is 0 Å². The van der Waals surface area contributed by atoms with Crippen LogP contribution in [0.25, 0.3) is 0 Å². The van der Waals surface area contributed by atoms with Gasteiger partial charge >= 0.3 is 6.09 Å². The van der Waals surface area contributed by atoms with Crippen LogP contribution in [0.15, 0.2) is 24.5 Å². The lowest BCUT2D eigenvalue weighted by atomic mass is 9.91. The van der Waals surface area contributed by atoms with Crippen LogP contribution in [-0.4, -0.2) is 46.1 Å². The average molecular weight is 361 g/mol. The molecule has 1 aromatic heterocycles. The molecule has 0 aromatic carbocycles. The Balaban J connectivity index is 1.65. The van der Waals surface area contributed by atoms with Crippen molar-refractivity contribution >= 4 is 12.5 Å². The molecule has 2 amide bonds. The lowest BCUT2D eigenvalue weighted by Gasteiger charge is -2.35. The Bertz CT molecular complexity index is 563. The van der Waals surface area contributed by atoms with Crippen molar-refractivity contribution in [1.82, 2.24) is 14.9 Å². The van der Waals surface area contributed by atoms with Crippen LogP contribution in [0.5, 0.6) is 0 Å². The molecule has 0 spiro atoms. The summed E-state index contributed by atoms with van der Waals surface area (Å²) in [7, 11) is 0. The van der Waals surface area contributed by atoms with Gasteiger partial charge < -0.3 is 9.74 Å². The molecular weight excluding hydrogens is 330 g/mol. The van der Waals surface area contributed by atoms with E-state index in [9.17, 15) is 9.59 Å². The Morgan fingerprint density at radius 1 is 1.27 bits per heavy atom. The number of hydroxylamine groups is 2. The third-order valence-corrected chi connectivity index (χ3v) is 4.88. The smallest absolute Gasteiger partial charge is 0.318 e. The molecule has 1 aliphatic rings. The van der Waals surface area contributed by atoms with Gasteiger partial charge in [-0.3, -0.25) is 9.78 Å². The van der Waals surface area contributed by atoms with Gasteiger partial charge in [-0.05, 0) is 70.1 Å². The number of unbranched alkanes of at least 4 members (excludes halogenated alkanes) is 1. The standard InChI is InChI=1S/C20H31N3O3/c1-20(2,3)23(16-24)26-19(25)22-14-10-18(11-15-22)7-5-4-6-17-8-12-21-13-9-17/h8-9,12-13,16,18H,4-7,10-11,14-15H2,1-3H3. The summed E-state index contributed by atoms with van der Waals surface area (Å²) < 4.78 is 0. The van der Waals surface area contributed by atoms with E-state index in [-0.39, 0.29) is 0 Å². The van der Waals surface area contributed by atoms with E-state index in [2.05, 4.69) is 17.1 Å². The van der Waals surface area contributed by atoms with Crippen LogP contribution in [-0.2, 0) is 16.1 Å². The maximum absolute atomic E-state index is 12.2. The van der Waals surface area contributed by atoms with Crippen molar-refractivity contribution < 1.29 is 14.4 Å². The van der Waals surface area contributed by atoms with E-state index in [0.717, 1.165) is 24.3 Å². The second-order valence-electron chi connectivity index (χ2n) is 7.99. The Morgan fingerprint density at radius 3 is 2.50 bits per heavy atom. The van der Waals surface area contributed by atoms with Crippen molar-refractivity contribution in [3.63, 3.8) is 0 Å². The summed E-state index contributed by atoms with van der Waals surface area (Å²) in [6, 6.07) is 4.15. The van der Waals surface area contributed by atoms with Gasteiger partial charge in [0.25, 0.3) is 0 Å². The number of hydrogen-bond acceptors (Lipinski definition) is 4. The van der Waals surface area contributed by atoms with E-state index in [0.29, 0.717) is 25.4 Å². The zero-order chi connectivity index (χ0) is 19.0. The number of hydrogen-bond donors (Lipinski definition) is 0. The predicted molar refractivity (Wildman–Crippen MR) is 100 cm³/mol. The highest BCUT2D eigenvalue weighted by molar-refractivity contribution is 5.68. The lowest BCUT2D eigenvalue weighted by molar-refractivity contribution is -0.176. The minimum atomic E-state index is -0.537. The third kappa shape index (κ3) is 6.32. The Hall–Kier alpha value is -2.11. The summed E-state index contributed by atoms with van der Waals surface area (Å²) in [4.78, 5) is 34.3. The minimum Gasteiger partial charge on any atom is -0.318 e. The number of nitrogens with zero attached hydrogens (tertiary/aromatic N) is 3. The van der Waals surface area contributed by atoms with E-state index in [4.69, 9.17) is 4.84 Å². The first-order valence-corrected chi connectivity index (χ1v) is 9.50. The van der Waals surface area contributed by atoms with E-state index < -0.39 is 11.6 Å². The lowest BCUT2D eigenvalue weighted by Crippen LogP contribution is -2.47. The zero-order valence-corrected chi connectivity index (χ0v) is 16.2. The first-order valence-electron chi connectivity index (χ1n) is 9.50. The summed E-state index contributed by atoms with van der Waals surface area (Å²) in [5.41, 5.74) is 0.806. The van der Waals surface area contributed by atoms with Crippen LogP contribution in [0.2, 0.25) is 0 Å². The Morgan fingerprint density at radius 2 is 1.92 bits per heavy atom. The molecule has 6 nitrogen and oxygen atoms in total. The number of likely N-dealkylation sites (tertiary alicyclic amines) is 1. The number of rotatable bonds is 7. The largest absolute Gasteiger partial charge is 0.434 e. The molecule has 144 valence electrons. The summed E-state index contributed by atoms with van der Waals surface area (Å²) in [6.07, 6.45) is 10.5. The zero-order valence-electron chi connectivity index (χ0n) is 16.2. The molecule has 1 saturated heterocycles. The molecule has 1 aromatic rings. The maximum atomic E-state index is 12.2. The van der Waals surface area contributed by atoms with Gasteiger partial charge in [-0.25, -0.2) is 4.79 Å². The van der Waals surface area contributed by atoms with Gasteiger partial charge in [-0.15, -0.1) is 0 Å². The van der Waals surface area contributed by atoms with E-state index in [1.54, 1.807) is 4.90 Å². The molecule has 0 unspecified atom stereocenters. The first-order chi connectivity index (χ1) is 12.4. The summed E-state index contributed by atoms with van der Waals surface area (Å²) >= 11 is 0. The van der Waals surface area contributed by atoms with Gasteiger partial charge in [-0.1, -0.05) is 12.8 Å². The van der Waals surface area contributed by atoms with Crippen LogP contribution in [0.1, 0.15) is 58.4 Å². The van der Waals surface area contributed by atoms with Gasteiger partial charge in [0.2, 0.25) is 6.41 Å². The highest BCUT2D eigenvalue weighted by Gasteiger charge is 2.29. The van der Waals surface area contributed by atoms with Gasteiger partial charge in [-0.2, -0.15) is 5.06 Å². The van der Waals surface area contributed by atoms with Gasteiger partial charge in [0.1, 0.15) is 0 Å². The summed E-state index contributed by atoms with van der Waals surface area (Å²) in [5, 5.41) is 1.08. The molecule has 0 bridgehead atoms. The van der Waals surface area contributed by atoms with Crippen molar-refractivity contribution in [2.24, 2.45) is 5.92 Å². The molecular formula is C20H31N3O3. The van der Waals surface area contributed by atoms with Crippen molar-refractivity contribution in [3.05, 3.63) is 30.1 Å². The Kier molecular flexibility index (Phi) is 7.42. The first kappa shape index (κ1) is 20.2. The van der Waals surface area contributed by atoms with Gasteiger partial charge in [0.05, 0.1) is 5.54 Å². The highest BCUT2D eigenvalue weighted by Crippen LogP contribution is 2.24. The molecule has 0 radical (unpaired) electrons. The highest BCUT2D eigenvalue weighted by atomic mass is 16.7. The van der Waals surface area contributed by atoms with Crippen LogP contribution < -0.4 is 0 Å². The molecule has 0 saturated carbocycles. The summed E-state index contributed by atoms with van der Waals surface area (Å²) in [6.45, 7) is 6.88. The normalized spacial score (nSPS) is 15.6. The van der Waals surface area contributed by atoms with Crippen molar-refractivity contribution in [3.8, 4) is 0 Å². The molecule has 6 heteroatoms. The SMILES string of the molecule is CC(C)(C)N(C=O)OC(=O)N1CCC(CCCCc2ccncc2)CC1. The van der Waals surface area contributed by atoms with Crippen molar-refractivity contribution in [2.75, 3.05) is 13.1 Å². The number of carbonyl (C=O) groups is 2. The fraction of sp³-hybridized carbons (Fsp3) is 0.650.